The number of anilines is 3. The lowest BCUT2D eigenvalue weighted by atomic mass is 9.72. The number of carbonyl (C=O) groups is 1. The third-order valence-electron chi connectivity index (χ3n) is 6.18. The minimum absolute atomic E-state index is 0.192. The van der Waals surface area contributed by atoms with Crippen molar-refractivity contribution in [3.05, 3.63) is 23.6 Å². The predicted molar refractivity (Wildman–Crippen MR) is 124 cm³/mol. The number of aryl methyl sites for hydroxylation is 1. The van der Waals surface area contributed by atoms with E-state index in [1.807, 2.05) is 38.9 Å². The summed E-state index contributed by atoms with van der Waals surface area (Å²) < 4.78 is 7.27. The Balaban J connectivity index is 1.32. The zero-order chi connectivity index (χ0) is 22.9. The van der Waals surface area contributed by atoms with Gasteiger partial charge in [0.2, 0.25) is 5.95 Å². The molecule has 32 heavy (non-hydrogen) atoms. The van der Waals surface area contributed by atoms with Gasteiger partial charge in [0.15, 0.2) is 5.82 Å². The summed E-state index contributed by atoms with van der Waals surface area (Å²) in [5.41, 5.74) is 0.546. The summed E-state index contributed by atoms with van der Waals surface area (Å²) in [5, 5.41) is 11.3. The Morgan fingerprint density at radius 3 is 2.66 bits per heavy atom. The summed E-state index contributed by atoms with van der Waals surface area (Å²) in [6, 6.07) is 0.287. The number of nitrogens with one attached hydrogen (secondary N) is 2. The van der Waals surface area contributed by atoms with Crippen LogP contribution in [0.4, 0.5) is 22.2 Å². The molecule has 2 aromatic rings. The van der Waals surface area contributed by atoms with E-state index in [0.29, 0.717) is 16.8 Å². The summed E-state index contributed by atoms with van der Waals surface area (Å²) >= 11 is 6.36. The Kier molecular flexibility index (Phi) is 6.20. The molecule has 0 aromatic carbocycles. The molecule has 0 atom stereocenters. The van der Waals surface area contributed by atoms with Gasteiger partial charge in [-0.2, -0.15) is 10.1 Å². The molecule has 1 spiro atoms. The highest BCUT2D eigenvalue weighted by Gasteiger charge is 2.43. The second kappa shape index (κ2) is 8.77. The molecule has 1 aliphatic carbocycles. The molecule has 0 unspecified atom stereocenters. The Bertz CT molecular complexity index is 963. The van der Waals surface area contributed by atoms with Crippen LogP contribution >= 0.6 is 11.6 Å². The first-order valence-corrected chi connectivity index (χ1v) is 11.5. The van der Waals surface area contributed by atoms with Crippen LogP contribution in [0.2, 0.25) is 5.02 Å². The van der Waals surface area contributed by atoms with Gasteiger partial charge in [-0.3, -0.25) is 4.68 Å². The average Bonchev–Trinajstić information content (AvgIpc) is 3.32. The summed E-state index contributed by atoms with van der Waals surface area (Å²) in [5.74, 6) is 1.11. The lowest BCUT2D eigenvalue weighted by Crippen LogP contribution is -2.39. The first-order valence-electron chi connectivity index (χ1n) is 11.1. The van der Waals surface area contributed by atoms with Crippen LogP contribution in [-0.4, -0.2) is 55.5 Å². The molecular formula is C22H32ClN7O2. The van der Waals surface area contributed by atoms with Crippen molar-refractivity contribution in [1.82, 2.24) is 24.6 Å². The van der Waals surface area contributed by atoms with E-state index in [4.69, 9.17) is 16.3 Å². The molecule has 1 saturated heterocycles. The van der Waals surface area contributed by atoms with Crippen LogP contribution in [0, 0.1) is 5.41 Å². The minimum Gasteiger partial charge on any atom is -0.444 e. The second-order valence-corrected chi connectivity index (χ2v) is 10.4. The summed E-state index contributed by atoms with van der Waals surface area (Å²) in [6.45, 7) is 7.27. The number of rotatable bonds is 4. The molecule has 9 nitrogen and oxygen atoms in total. The van der Waals surface area contributed by atoms with Crippen LogP contribution in [0.3, 0.4) is 0 Å². The van der Waals surface area contributed by atoms with Crippen LogP contribution in [0.5, 0.6) is 0 Å². The molecule has 1 saturated carbocycles. The van der Waals surface area contributed by atoms with Gasteiger partial charge in [-0.15, -0.1) is 0 Å². The molecule has 174 valence electrons. The topological polar surface area (TPSA) is 97.2 Å². The number of hydrogen-bond acceptors (Lipinski definition) is 7. The maximum absolute atomic E-state index is 12.4. The normalized spacial score (nSPS) is 23.4. The van der Waals surface area contributed by atoms with E-state index < -0.39 is 5.60 Å². The van der Waals surface area contributed by atoms with Gasteiger partial charge in [-0.05, 0) is 58.3 Å². The third-order valence-corrected chi connectivity index (χ3v) is 6.46. The van der Waals surface area contributed by atoms with Gasteiger partial charge in [0.25, 0.3) is 0 Å². The Hall–Kier alpha value is -2.55. The second-order valence-electron chi connectivity index (χ2n) is 9.99. The molecule has 4 rings (SSSR count). The van der Waals surface area contributed by atoms with Crippen LogP contribution in [0.25, 0.3) is 0 Å². The molecule has 1 amide bonds. The van der Waals surface area contributed by atoms with Crippen LogP contribution in [-0.2, 0) is 11.8 Å². The number of ether oxygens (including phenoxy) is 1. The first kappa shape index (κ1) is 22.6. The molecule has 2 aromatic heterocycles. The quantitative estimate of drug-likeness (QED) is 0.687. The van der Waals surface area contributed by atoms with Gasteiger partial charge in [-0.1, -0.05) is 11.6 Å². The fraction of sp³-hybridized carbons (Fsp3) is 0.636. The van der Waals surface area contributed by atoms with Crippen molar-refractivity contribution in [3.8, 4) is 0 Å². The van der Waals surface area contributed by atoms with Crippen molar-refractivity contribution in [1.29, 1.82) is 0 Å². The van der Waals surface area contributed by atoms with Crippen molar-refractivity contribution in [2.45, 2.75) is 64.5 Å². The van der Waals surface area contributed by atoms with E-state index in [1.165, 1.54) is 0 Å². The molecule has 2 fully saturated rings. The van der Waals surface area contributed by atoms with E-state index in [0.717, 1.165) is 50.9 Å². The Morgan fingerprint density at radius 1 is 1.25 bits per heavy atom. The molecule has 1 aliphatic heterocycles. The zero-order valence-corrected chi connectivity index (χ0v) is 19.9. The lowest BCUT2D eigenvalue weighted by molar-refractivity contribution is 0.0261. The van der Waals surface area contributed by atoms with E-state index in [1.54, 1.807) is 17.1 Å². The number of likely N-dealkylation sites (tertiary alicyclic amines) is 1. The van der Waals surface area contributed by atoms with Gasteiger partial charge < -0.3 is 20.3 Å². The van der Waals surface area contributed by atoms with Gasteiger partial charge >= 0.3 is 6.09 Å². The number of nitrogens with zero attached hydrogens (tertiary/aromatic N) is 5. The van der Waals surface area contributed by atoms with Crippen molar-refractivity contribution >= 4 is 35.1 Å². The van der Waals surface area contributed by atoms with E-state index in [2.05, 4.69) is 25.7 Å². The largest absolute Gasteiger partial charge is 0.444 e. The van der Waals surface area contributed by atoms with Crippen molar-refractivity contribution < 1.29 is 9.53 Å². The number of aromatic nitrogens is 4. The van der Waals surface area contributed by atoms with Crippen LogP contribution < -0.4 is 10.6 Å². The van der Waals surface area contributed by atoms with E-state index in [-0.39, 0.29) is 17.6 Å². The van der Waals surface area contributed by atoms with Crippen molar-refractivity contribution in [3.63, 3.8) is 0 Å². The maximum Gasteiger partial charge on any atom is 0.410 e. The smallest absolute Gasteiger partial charge is 0.410 e. The number of hydrogen-bond donors (Lipinski definition) is 2. The molecule has 10 heteroatoms. The molecule has 0 radical (unpaired) electrons. The SMILES string of the molecule is Cn1cc(Nc2ncc(Cl)c(NC3CCC4(CC3)CCN(C(=O)OC(C)(C)C)C4)n2)cn1. The summed E-state index contributed by atoms with van der Waals surface area (Å²) in [4.78, 5) is 23.1. The molecular weight excluding hydrogens is 430 g/mol. The molecule has 2 aliphatic rings. The Labute approximate surface area is 193 Å². The molecule has 0 bridgehead atoms. The third kappa shape index (κ3) is 5.43. The zero-order valence-electron chi connectivity index (χ0n) is 19.2. The predicted octanol–water partition coefficient (Wildman–Crippen LogP) is 4.59. The van der Waals surface area contributed by atoms with E-state index in [9.17, 15) is 4.79 Å². The number of carbonyl (C=O) groups excluding carboxylic acids is 1. The first-order chi connectivity index (χ1) is 15.1. The van der Waals surface area contributed by atoms with Crippen LogP contribution in [0.15, 0.2) is 18.6 Å². The Morgan fingerprint density at radius 2 is 2.00 bits per heavy atom. The van der Waals surface area contributed by atoms with Crippen molar-refractivity contribution in [2.75, 3.05) is 23.7 Å². The average molecular weight is 462 g/mol. The number of halogens is 1. The highest BCUT2D eigenvalue weighted by molar-refractivity contribution is 6.32. The maximum atomic E-state index is 12.4. The number of amides is 1. The van der Waals surface area contributed by atoms with Crippen LogP contribution in [0.1, 0.15) is 52.9 Å². The highest BCUT2D eigenvalue weighted by Crippen LogP contribution is 2.44. The fourth-order valence-corrected chi connectivity index (χ4v) is 4.68. The summed E-state index contributed by atoms with van der Waals surface area (Å²) in [6.07, 6.45) is 10.2. The van der Waals surface area contributed by atoms with Crippen molar-refractivity contribution in [2.24, 2.45) is 12.5 Å². The monoisotopic (exact) mass is 461 g/mol. The molecule has 3 heterocycles. The molecule has 2 N–H and O–H groups in total. The van der Waals surface area contributed by atoms with Gasteiger partial charge in [0, 0.05) is 32.4 Å². The van der Waals surface area contributed by atoms with Gasteiger partial charge in [-0.25, -0.2) is 9.78 Å². The fourth-order valence-electron chi connectivity index (χ4n) is 4.54. The standard InChI is InChI=1S/C22H32ClN7O2/c1-21(2,3)32-20(31)30-10-9-22(14-30)7-5-15(6-8-22)26-18-17(23)12-24-19(28-18)27-16-11-25-29(4)13-16/h11-13,15H,5-10,14H2,1-4H3,(H2,24,26,27,28). The highest BCUT2D eigenvalue weighted by atomic mass is 35.5. The lowest BCUT2D eigenvalue weighted by Gasteiger charge is -2.37. The van der Waals surface area contributed by atoms with Gasteiger partial charge in [0.05, 0.1) is 18.1 Å². The van der Waals surface area contributed by atoms with E-state index >= 15 is 0 Å². The minimum atomic E-state index is -0.462. The van der Waals surface area contributed by atoms with Gasteiger partial charge in [0.1, 0.15) is 10.6 Å². The summed E-state index contributed by atoms with van der Waals surface area (Å²) in [7, 11) is 1.85.